The Hall–Kier alpha value is -3.52. The third-order valence-electron chi connectivity index (χ3n) is 3.94. The molecule has 8 heteroatoms. The van der Waals surface area contributed by atoms with Gasteiger partial charge in [-0.1, -0.05) is 42.1 Å². The highest BCUT2D eigenvalue weighted by atomic mass is 32.2. The van der Waals surface area contributed by atoms with Crippen molar-refractivity contribution in [2.24, 2.45) is 0 Å². The minimum Gasteiger partial charge on any atom is -0.489 e. The van der Waals surface area contributed by atoms with Crippen LogP contribution in [-0.2, 0) is 11.4 Å². The fourth-order valence-electron chi connectivity index (χ4n) is 2.54. The van der Waals surface area contributed by atoms with Crippen LogP contribution in [0.2, 0.25) is 0 Å². The topological polar surface area (TPSA) is 93.0 Å². The minimum absolute atomic E-state index is 0.141. The number of hydrogen-bond acceptors (Lipinski definition) is 6. The Balaban J connectivity index is 1.24. The number of nitrogens with zero attached hydrogens (tertiary/aromatic N) is 2. The summed E-state index contributed by atoms with van der Waals surface area (Å²) in [6.07, 6.45) is 1.57. The molecule has 0 aliphatic carbocycles. The van der Waals surface area contributed by atoms with E-state index in [1.165, 1.54) is 11.8 Å². The number of thioether (sulfide) groups is 1. The second-order valence-electron chi connectivity index (χ2n) is 6.08. The number of aromatic nitrogens is 3. The second kappa shape index (κ2) is 9.11. The molecule has 0 bridgehead atoms. The SMILES string of the molecule is O=C(CSc1n[nH]c(-c2ccco2)n1)Nc1ccc(OCc2ccccc2)cc1. The summed E-state index contributed by atoms with van der Waals surface area (Å²) < 4.78 is 11.0. The van der Waals surface area contributed by atoms with Crippen molar-refractivity contribution in [2.45, 2.75) is 11.8 Å². The lowest BCUT2D eigenvalue weighted by molar-refractivity contribution is -0.113. The van der Waals surface area contributed by atoms with Crippen LogP contribution < -0.4 is 10.1 Å². The summed E-state index contributed by atoms with van der Waals surface area (Å²) >= 11 is 1.24. The zero-order valence-electron chi connectivity index (χ0n) is 15.4. The average molecular weight is 406 g/mol. The van der Waals surface area contributed by atoms with Crippen LogP contribution in [-0.4, -0.2) is 26.8 Å². The van der Waals surface area contributed by atoms with Crippen LogP contribution >= 0.6 is 11.8 Å². The molecule has 29 heavy (non-hydrogen) atoms. The molecule has 0 spiro atoms. The molecular formula is C21H18N4O3S. The van der Waals surface area contributed by atoms with Gasteiger partial charge < -0.3 is 14.5 Å². The molecule has 0 aliphatic rings. The summed E-state index contributed by atoms with van der Waals surface area (Å²) in [6, 6.07) is 20.8. The summed E-state index contributed by atoms with van der Waals surface area (Å²) in [5.41, 5.74) is 1.80. The van der Waals surface area contributed by atoms with E-state index in [0.29, 0.717) is 29.0 Å². The van der Waals surface area contributed by atoms with E-state index in [1.807, 2.05) is 54.6 Å². The van der Waals surface area contributed by atoms with Crippen LogP contribution in [0.15, 0.2) is 82.6 Å². The minimum atomic E-state index is -0.141. The molecular weight excluding hydrogens is 388 g/mol. The molecule has 2 N–H and O–H groups in total. The van der Waals surface area contributed by atoms with Gasteiger partial charge in [-0.15, -0.1) is 5.10 Å². The standard InChI is InChI=1S/C21H18N4O3S/c26-19(14-29-21-23-20(24-25-21)18-7-4-12-27-18)22-16-8-10-17(11-9-16)28-13-15-5-2-1-3-6-15/h1-12H,13-14H2,(H,22,26)(H,23,24,25). The number of H-pyrrole nitrogens is 1. The molecule has 7 nitrogen and oxygen atoms in total. The van der Waals surface area contributed by atoms with Gasteiger partial charge in [-0.2, -0.15) is 4.98 Å². The third kappa shape index (κ3) is 5.26. The van der Waals surface area contributed by atoms with Gasteiger partial charge in [0.2, 0.25) is 11.1 Å². The van der Waals surface area contributed by atoms with Gasteiger partial charge in [-0.25, -0.2) is 0 Å². The van der Waals surface area contributed by atoms with E-state index in [4.69, 9.17) is 9.15 Å². The van der Waals surface area contributed by atoms with E-state index in [9.17, 15) is 4.79 Å². The Kier molecular flexibility index (Phi) is 5.92. The highest BCUT2D eigenvalue weighted by Crippen LogP contribution is 2.20. The number of aromatic amines is 1. The lowest BCUT2D eigenvalue weighted by Crippen LogP contribution is -2.14. The van der Waals surface area contributed by atoms with Gasteiger partial charge in [0.1, 0.15) is 12.4 Å². The number of amides is 1. The van der Waals surface area contributed by atoms with Crippen molar-refractivity contribution in [3.8, 4) is 17.3 Å². The summed E-state index contributed by atoms with van der Waals surface area (Å²) in [6.45, 7) is 0.500. The summed E-state index contributed by atoms with van der Waals surface area (Å²) in [4.78, 5) is 16.5. The lowest BCUT2D eigenvalue weighted by Gasteiger charge is -2.08. The number of carbonyl (C=O) groups is 1. The first-order chi connectivity index (χ1) is 14.3. The molecule has 1 amide bonds. The lowest BCUT2D eigenvalue weighted by atomic mass is 10.2. The van der Waals surface area contributed by atoms with Gasteiger partial charge >= 0.3 is 0 Å². The molecule has 0 saturated carbocycles. The largest absolute Gasteiger partial charge is 0.489 e. The maximum atomic E-state index is 12.2. The fraction of sp³-hybridized carbons (Fsp3) is 0.0952. The Morgan fingerprint density at radius 1 is 1.07 bits per heavy atom. The van der Waals surface area contributed by atoms with Crippen molar-refractivity contribution in [1.82, 2.24) is 15.2 Å². The number of ether oxygens (including phenoxy) is 1. The molecule has 2 heterocycles. The molecule has 4 aromatic rings. The van der Waals surface area contributed by atoms with Crippen molar-refractivity contribution in [2.75, 3.05) is 11.1 Å². The van der Waals surface area contributed by atoms with Crippen molar-refractivity contribution >= 4 is 23.4 Å². The Morgan fingerprint density at radius 3 is 2.66 bits per heavy atom. The number of carbonyl (C=O) groups excluding carboxylic acids is 1. The van der Waals surface area contributed by atoms with Gasteiger partial charge in [0, 0.05) is 5.69 Å². The second-order valence-corrected chi connectivity index (χ2v) is 7.02. The molecule has 0 unspecified atom stereocenters. The highest BCUT2D eigenvalue weighted by molar-refractivity contribution is 7.99. The summed E-state index contributed by atoms with van der Waals surface area (Å²) in [5.74, 6) is 1.93. The van der Waals surface area contributed by atoms with Crippen molar-refractivity contribution in [1.29, 1.82) is 0 Å². The van der Waals surface area contributed by atoms with Crippen LogP contribution in [0.3, 0.4) is 0 Å². The number of hydrogen-bond donors (Lipinski definition) is 2. The first kappa shape index (κ1) is 18.8. The molecule has 146 valence electrons. The number of furan rings is 1. The Bertz CT molecular complexity index is 1050. The Labute approximate surface area is 171 Å². The van der Waals surface area contributed by atoms with E-state index >= 15 is 0 Å². The third-order valence-corrected chi connectivity index (χ3v) is 4.79. The van der Waals surface area contributed by atoms with Crippen LogP contribution in [0.1, 0.15) is 5.56 Å². The van der Waals surface area contributed by atoms with Crippen molar-refractivity contribution in [3.05, 3.63) is 78.6 Å². The van der Waals surface area contributed by atoms with E-state index in [0.717, 1.165) is 11.3 Å². The van der Waals surface area contributed by atoms with E-state index < -0.39 is 0 Å². The van der Waals surface area contributed by atoms with Crippen LogP contribution in [0, 0.1) is 0 Å². The van der Waals surface area contributed by atoms with E-state index in [-0.39, 0.29) is 11.7 Å². The van der Waals surface area contributed by atoms with Crippen molar-refractivity contribution < 1.29 is 13.9 Å². The molecule has 0 saturated heterocycles. The van der Waals surface area contributed by atoms with Gasteiger partial charge in [0.25, 0.3) is 0 Å². The van der Waals surface area contributed by atoms with Gasteiger partial charge in [0.05, 0.1) is 12.0 Å². The normalized spacial score (nSPS) is 10.6. The molecule has 0 radical (unpaired) electrons. The number of benzene rings is 2. The molecule has 0 atom stereocenters. The molecule has 4 rings (SSSR count). The predicted octanol–water partition coefficient (Wildman–Crippen LogP) is 4.37. The highest BCUT2D eigenvalue weighted by Gasteiger charge is 2.10. The maximum absolute atomic E-state index is 12.2. The first-order valence-electron chi connectivity index (χ1n) is 8.92. The quantitative estimate of drug-likeness (QED) is 0.422. The van der Waals surface area contributed by atoms with Gasteiger partial charge in [-0.3, -0.25) is 9.89 Å². The number of rotatable bonds is 8. The average Bonchev–Trinajstić information content (AvgIpc) is 3.44. The van der Waals surface area contributed by atoms with Gasteiger partial charge in [0.15, 0.2) is 11.6 Å². The number of nitrogens with one attached hydrogen (secondary N) is 2. The van der Waals surface area contributed by atoms with Gasteiger partial charge in [-0.05, 0) is 42.0 Å². The van der Waals surface area contributed by atoms with Crippen LogP contribution in [0.25, 0.3) is 11.6 Å². The fourth-order valence-corrected chi connectivity index (χ4v) is 3.14. The monoisotopic (exact) mass is 406 g/mol. The summed E-state index contributed by atoms with van der Waals surface area (Å²) in [7, 11) is 0. The zero-order valence-corrected chi connectivity index (χ0v) is 16.2. The number of anilines is 1. The zero-order chi connectivity index (χ0) is 19.9. The molecule has 0 aliphatic heterocycles. The molecule has 2 aromatic heterocycles. The van der Waals surface area contributed by atoms with Crippen molar-refractivity contribution in [3.63, 3.8) is 0 Å². The van der Waals surface area contributed by atoms with Crippen LogP contribution in [0.5, 0.6) is 5.75 Å². The van der Waals surface area contributed by atoms with E-state index in [2.05, 4.69) is 20.5 Å². The first-order valence-corrected chi connectivity index (χ1v) is 9.90. The Morgan fingerprint density at radius 2 is 1.90 bits per heavy atom. The molecule has 0 fully saturated rings. The van der Waals surface area contributed by atoms with E-state index in [1.54, 1.807) is 18.4 Å². The smallest absolute Gasteiger partial charge is 0.234 e. The maximum Gasteiger partial charge on any atom is 0.234 e. The molecule has 2 aromatic carbocycles. The van der Waals surface area contributed by atoms with Crippen LogP contribution in [0.4, 0.5) is 5.69 Å². The predicted molar refractivity (Wildman–Crippen MR) is 111 cm³/mol. The summed E-state index contributed by atoms with van der Waals surface area (Å²) in [5, 5.41) is 10.2.